The molecule has 0 bridgehead atoms. The van der Waals surface area contributed by atoms with Crippen molar-refractivity contribution in [1.82, 2.24) is 0 Å². The zero-order chi connectivity index (χ0) is 20.7. The molecule has 1 amide bonds. The second kappa shape index (κ2) is 9.52. The number of halogens is 1. The van der Waals surface area contributed by atoms with E-state index >= 15 is 0 Å². The number of nitrogens with one attached hydrogen (secondary N) is 1. The Hall–Kier alpha value is -3.39. The van der Waals surface area contributed by atoms with E-state index in [2.05, 4.69) is 5.32 Å². The molecule has 0 radical (unpaired) electrons. The smallest absolute Gasteiger partial charge is 0.331 e. The lowest BCUT2D eigenvalue weighted by molar-refractivity contribution is -0.384. The number of benzene rings is 2. The molecule has 2 aromatic rings. The van der Waals surface area contributed by atoms with Crippen LogP contribution in [-0.4, -0.2) is 30.0 Å². The minimum absolute atomic E-state index is 0.0516. The Kier molecular flexibility index (Phi) is 7.11. The van der Waals surface area contributed by atoms with Gasteiger partial charge in [-0.2, -0.15) is 0 Å². The standard InChI is InChI=1S/C19H17ClN2O6/c1-12(19(24)21-17-11-14(22(25)26)7-8-16(17)20)28-18(23)9-6-13-4-3-5-15(10-13)27-2/h3-12H,1-2H3,(H,21,24)/b9-6+. The lowest BCUT2D eigenvalue weighted by Gasteiger charge is -2.13. The molecule has 0 aliphatic carbocycles. The summed E-state index contributed by atoms with van der Waals surface area (Å²) < 4.78 is 10.1. The molecule has 0 aromatic heterocycles. The molecule has 8 nitrogen and oxygen atoms in total. The molecule has 0 saturated carbocycles. The normalized spacial score (nSPS) is 11.7. The van der Waals surface area contributed by atoms with E-state index in [0.717, 1.165) is 11.6 Å². The lowest BCUT2D eigenvalue weighted by atomic mass is 10.2. The van der Waals surface area contributed by atoms with Gasteiger partial charge in [-0.15, -0.1) is 0 Å². The summed E-state index contributed by atoms with van der Waals surface area (Å²) in [5.41, 5.74) is 0.540. The van der Waals surface area contributed by atoms with Gasteiger partial charge in [-0.3, -0.25) is 14.9 Å². The Labute approximate surface area is 165 Å². The van der Waals surface area contributed by atoms with Crippen molar-refractivity contribution in [3.05, 3.63) is 69.2 Å². The zero-order valence-electron chi connectivity index (χ0n) is 15.0. The van der Waals surface area contributed by atoms with E-state index in [1.54, 1.807) is 24.3 Å². The summed E-state index contributed by atoms with van der Waals surface area (Å²) in [5, 5.41) is 13.4. The highest BCUT2D eigenvalue weighted by Gasteiger charge is 2.19. The van der Waals surface area contributed by atoms with E-state index in [1.165, 1.54) is 38.3 Å². The van der Waals surface area contributed by atoms with Crippen molar-refractivity contribution in [1.29, 1.82) is 0 Å². The third kappa shape index (κ3) is 5.82. The highest BCUT2D eigenvalue weighted by atomic mass is 35.5. The SMILES string of the molecule is COc1cccc(/C=C/C(=O)OC(C)C(=O)Nc2cc([N+](=O)[O-])ccc2Cl)c1. The maximum Gasteiger partial charge on any atom is 0.331 e. The number of carbonyl (C=O) groups is 2. The summed E-state index contributed by atoms with van der Waals surface area (Å²) in [6.07, 6.45) is 1.56. The first-order valence-corrected chi connectivity index (χ1v) is 8.45. The molecule has 28 heavy (non-hydrogen) atoms. The Morgan fingerprint density at radius 2 is 2.00 bits per heavy atom. The van der Waals surface area contributed by atoms with Gasteiger partial charge in [0, 0.05) is 18.2 Å². The van der Waals surface area contributed by atoms with Crippen LogP contribution in [0.5, 0.6) is 5.75 Å². The Balaban J connectivity index is 1.98. The van der Waals surface area contributed by atoms with E-state index in [0.29, 0.717) is 5.75 Å². The second-order valence-corrected chi connectivity index (χ2v) is 6.01. The van der Waals surface area contributed by atoms with Gasteiger partial charge in [-0.05, 0) is 36.8 Å². The number of ether oxygens (including phenoxy) is 2. The number of hydrogen-bond donors (Lipinski definition) is 1. The van der Waals surface area contributed by atoms with Gasteiger partial charge in [-0.1, -0.05) is 23.7 Å². The number of esters is 1. The Bertz CT molecular complexity index is 928. The average molecular weight is 405 g/mol. The van der Waals surface area contributed by atoms with Crippen LogP contribution in [-0.2, 0) is 14.3 Å². The fourth-order valence-corrected chi connectivity index (χ4v) is 2.30. The number of non-ortho nitro benzene ring substituents is 1. The minimum atomic E-state index is -1.14. The van der Waals surface area contributed by atoms with Gasteiger partial charge in [0.15, 0.2) is 6.10 Å². The molecule has 0 fully saturated rings. The van der Waals surface area contributed by atoms with Crippen molar-refractivity contribution in [3.63, 3.8) is 0 Å². The van der Waals surface area contributed by atoms with Crippen LogP contribution in [0.3, 0.4) is 0 Å². The number of carbonyl (C=O) groups excluding carboxylic acids is 2. The van der Waals surface area contributed by atoms with E-state index < -0.39 is 22.9 Å². The lowest BCUT2D eigenvalue weighted by Crippen LogP contribution is -2.29. The number of nitrogens with zero attached hydrogens (tertiary/aromatic N) is 1. The fourth-order valence-electron chi connectivity index (χ4n) is 2.13. The van der Waals surface area contributed by atoms with Crippen LogP contribution in [0.25, 0.3) is 6.08 Å². The average Bonchev–Trinajstić information content (AvgIpc) is 2.67. The van der Waals surface area contributed by atoms with E-state index in [-0.39, 0.29) is 16.4 Å². The minimum Gasteiger partial charge on any atom is -0.497 e. The highest BCUT2D eigenvalue weighted by molar-refractivity contribution is 6.33. The number of amides is 1. The molecular formula is C19H17ClN2O6. The summed E-state index contributed by atoms with van der Waals surface area (Å²) in [7, 11) is 1.53. The molecule has 0 aliphatic heterocycles. The first kappa shape index (κ1) is 20.9. The van der Waals surface area contributed by atoms with Crippen LogP contribution < -0.4 is 10.1 Å². The maximum absolute atomic E-state index is 12.2. The predicted molar refractivity (Wildman–Crippen MR) is 104 cm³/mol. The molecular weight excluding hydrogens is 388 g/mol. The van der Waals surface area contributed by atoms with Crippen molar-refractivity contribution >= 4 is 40.9 Å². The van der Waals surface area contributed by atoms with Crippen molar-refractivity contribution in [2.45, 2.75) is 13.0 Å². The predicted octanol–water partition coefficient (Wildman–Crippen LogP) is 3.84. The summed E-state index contributed by atoms with van der Waals surface area (Å²) >= 11 is 5.93. The molecule has 0 heterocycles. The van der Waals surface area contributed by atoms with Crippen molar-refractivity contribution in [2.75, 3.05) is 12.4 Å². The van der Waals surface area contributed by atoms with Gasteiger partial charge >= 0.3 is 5.97 Å². The number of anilines is 1. The van der Waals surface area contributed by atoms with Gasteiger partial charge in [0.25, 0.3) is 11.6 Å². The van der Waals surface area contributed by atoms with Crippen LogP contribution in [0.4, 0.5) is 11.4 Å². The van der Waals surface area contributed by atoms with Crippen molar-refractivity contribution < 1.29 is 24.0 Å². The number of methoxy groups -OCH3 is 1. The summed E-state index contributed by atoms with van der Waals surface area (Å²) in [6.45, 7) is 1.37. The molecule has 0 saturated heterocycles. The van der Waals surface area contributed by atoms with Crippen LogP contribution in [0.2, 0.25) is 5.02 Å². The molecule has 9 heteroatoms. The Morgan fingerprint density at radius 3 is 2.68 bits per heavy atom. The fraction of sp³-hybridized carbons (Fsp3) is 0.158. The Morgan fingerprint density at radius 1 is 1.25 bits per heavy atom. The zero-order valence-corrected chi connectivity index (χ0v) is 15.8. The van der Waals surface area contributed by atoms with Crippen LogP contribution in [0.15, 0.2) is 48.5 Å². The highest BCUT2D eigenvalue weighted by Crippen LogP contribution is 2.26. The molecule has 2 rings (SSSR count). The van der Waals surface area contributed by atoms with Crippen LogP contribution in [0.1, 0.15) is 12.5 Å². The first-order valence-electron chi connectivity index (χ1n) is 8.07. The second-order valence-electron chi connectivity index (χ2n) is 5.60. The summed E-state index contributed by atoms with van der Waals surface area (Å²) in [5.74, 6) is -0.766. The molecule has 146 valence electrons. The third-order valence-electron chi connectivity index (χ3n) is 3.59. The molecule has 2 aromatic carbocycles. The summed E-state index contributed by atoms with van der Waals surface area (Å²) in [6, 6.07) is 10.7. The maximum atomic E-state index is 12.2. The number of nitro benzene ring substituents is 1. The largest absolute Gasteiger partial charge is 0.497 e. The molecule has 0 aliphatic rings. The van der Waals surface area contributed by atoms with Crippen LogP contribution in [0, 0.1) is 10.1 Å². The topological polar surface area (TPSA) is 108 Å². The van der Waals surface area contributed by atoms with Crippen molar-refractivity contribution in [3.8, 4) is 5.75 Å². The molecule has 1 unspecified atom stereocenters. The molecule has 0 spiro atoms. The number of rotatable bonds is 7. The van der Waals surface area contributed by atoms with E-state index in [4.69, 9.17) is 21.1 Å². The van der Waals surface area contributed by atoms with E-state index in [9.17, 15) is 19.7 Å². The number of nitro groups is 1. The summed E-state index contributed by atoms with van der Waals surface area (Å²) in [4.78, 5) is 34.3. The number of hydrogen-bond acceptors (Lipinski definition) is 6. The molecule has 1 N–H and O–H groups in total. The monoisotopic (exact) mass is 404 g/mol. The van der Waals surface area contributed by atoms with Crippen LogP contribution >= 0.6 is 11.6 Å². The van der Waals surface area contributed by atoms with Gasteiger partial charge < -0.3 is 14.8 Å². The van der Waals surface area contributed by atoms with Gasteiger partial charge in [0.05, 0.1) is 22.7 Å². The van der Waals surface area contributed by atoms with Gasteiger partial charge in [0.2, 0.25) is 0 Å². The molecule has 1 atom stereocenters. The van der Waals surface area contributed by atoms with Crippen molar-refractivity contribution in [2.24, 2.45) is 0 Å². The third-order valence-corrected chi connectivity index (χ3v) is 3.92. The first-order chi connectivity index (χ1) is 13.3. The van der Waals surface area contributed by atoms with Gasteiger partial charge in [0.1, 0.15) is 5.75 Å². The van der Waals surface area contributed by atoms with E-state index in [1.807, 2.05) is 0 Å². The van der Waals surface area contributed by atoms with Gasteiger partial charge in [-0.25, -0.2) is 4.79 Å². The quantitative estimate of drug-likeness (QED) is 0.325.